The van der Waals surface area contributed by atoms with E-state index >= 15 is 0 Å². The number of nitrogens with one attached hydrogen (secondary N) is 1. The van der Waals surface area contributed by atoms with Gasteiger partial charge in [-0.1, -0.05) is 93.0 Å². The molecule has 4 aromatic rings. The van der Waals surface area contributed by atoms with E-state index in [4.69, 9.17) is 11.6 Å². The van der Waals surface area contributed by atoms with E-state index in [0.29, 0.717) is 17.0 Å². The smallest absolute Gasteiger partial charge is 0.252 e. The van der Waals surface area contributed by atoms with E-state index in [1.807, 2.05) is 36.8 Å². The summed E-state index contributed by atoms with van der Waals surface area (Å²) in [6, 6.07) is 25.6. The van der Waals surface area contributed by atoms with Crippen LogP contribution in [0, 0.1) is 12.2 Å². The van der Waals surface area contributed by atoms with Crippen molar-refractivity contribution in [2.75, 3.05) is 0 Å². The largest absolute Gasteiger partial charge is 0.348 e. The molecule has 0 aliphatic heterocycles. The molecule has 0 saturated heterocycles. The highest BCUT2D eigenvalue weighted by molar-refractivity contribution is 6.36. The van der Waals surface area contributed by atoms with E-state index in [1.54, 1.807) is 18.2 Å². The van der Waals surface area contributed by atoms with Crippen LogP contribution in [0.3, 0.4) is 0 Å². The fraction of sp³-hybridized carbons (Fsp3) is 0.200. The van der Waals surface area contributed by atoms with Gasteiger partial charge in [-0.05, 0) is 58.2 Å². The second-order valence-electron chi connectivity index (χ2n) is 9.59. The molecule has 0 spiro atoms. The number of hydrogen-bond acceptors (Lipinski definition) is 1. The van der Waals surface area contributed by atoms with E-state index < -0.39 is 0 Å². The molecule has 1 radical (unpaired) electrons. The first-order chi connectivity index (χ1) is 16.2. The van der Waals surface area contributed by atoms with Crippen LogP contribution in [0.1, 0.15) is 47.8 Å². The Kier molecular flexibility index (Phi) is 7.04. The zero-order valence-corrected chi connectivity index (χ0v) is 20.4. The van der Waals surface area contributed by atoms with Gasteiger partial charge in [-0.2, -0.15) is 0 Å². The highest BCUT2D eigenvalue weighted by Crippen LogP contribution is 2.27. The molecule has 0 aliphatic carbocycles. The highest BCUT2D eigenvalue weighted by atomic mass is 35.5. The maximum atomic E-state index is 13.4. The molecule has 34 heavy (non-hydrogen) atoms. The lowest BCUT2D eigenvalue weighted by molar-refractivity contribution is 0.0944. The van der Waals surface area contributed by atoms with Crippen LogP contribution in [0.5, 0.6) is 0 Å². The number of benzene rings is 4. The zero-order chi connectivity index (χ0) is 24.3. The van der Waals surface area contributed by atoms with E-state index in [0.717, 1.165) is 21.9 Å². The summed E-state index contributed by atoms with van der Waals surface area (Å²) in [6.45, 7) is 6.55. The second kappa shape index (κ2) is 9.99. The Bertz CT molecular complexity index is 1290. The fourth-order valence-corrected chi connectivity index (χ4v) is 4.31. The van der Waals surface area contributed by atoms with E-state index in [-0.39, 0.29) is 23.2 Å². The molecule has 1 amide bonds. The molecule has 0 aromatic heterocycles. The predicted molar refractivity (Wildman–Crippen MR) is 139 cm³/mol. The van der Waals surface area contributed by atoms with E-state index in [2.05, 4.69) is 50.4 Å². The SMILES string of the molecule is CC(C)(C)c1ccc(CC([CH]c2ccc(F)cc2)NC(=O)c2cccc3c(Cl)cccc23)cc1. The Morgan fingerprint density at radius 1 is 0.912 bits per heavy atom. The number of halogens is 2. The number of carbonyl (C=O) groups excluding carboxylic acids is 1. The molecule has 1 N–H and O–H groups in total. The molecule has 0 bridgehead atoms. The molecule has 4 aromatic carbocycles. The number of fused-ring (bicyclic) bond motifs is 1. The third kappa shape index (κ3) is 5.66. The average Bonchev–Trinajstić information content (AvgIpc) is 2.80. The van der Waals surface area contributed by atoms with E-state index in [9.17, 15) is 9.18 Å². The van der Waals surface area contributed by atoms with Gasteiger partial charge < -0.3 is 5.32 Å². The third-order valence-corrected chi connectivity index (χ3v) is 6.30. The van der Waals surface area contributed by atoms with Gasteiger partial charge in [0.2, 0.25) is 0 Å². The first-order valence-corrected chi connectivity index (χ1v) is 11.8. The number of hydrogen-bond donors (Lipinski definition) is 1. The molecule has 1 unspecified atom stereocenters. The van der Waals surface area contributed by atoms with Crippen LogP contribution in [0.2, 0.25) is 5.02 Å². The number of rotatable bonds is 6. The topological polar surface area (TPSA) is 29.1 Å². The summed E-state index contributed by atoms with van der Waals surface area (Å²) in [7, 11) is 0. The first-order valence-electron chi connectivity index (χ1n) is 11.4. The van der Waals surface area contributed by atoms with Crippen LogP contribution in [0.25, 0.3) is 10.8 Å². The summed E-state index contributed by atoms with van der Waals surface area (Å²) in [6.07, 6.45) is 2.58. The standard InChI is InChI=1S/C30H28ClFNO/c1-30(2,3)22-14-10-20(11-15-22)18-24(19-21-12-16-23(32)17-13-21)33-29(34)27-8-4-7-26-25(27)6-5-9-28(26)31/h4-17,19,24H,18H2,1-3H3,(H,33,34). The van der Waals surface area contributed by atoms with Gasteiger partial charge >= 0.3 is 0 Å². The molecule has 173 valence electrons. The van der Waals surface area contributed by atoms with Gasteiger partial charge in [-0.3, -0.25) is 4.79 Å². The number of amides is 1. The van der Waals surface area contributed by atoms with Gasteiger partial charge in [-0.25, -0.2) is 4.39 Å². The lowest BCUT2D eigenvalue weighted by atomic mass is 9.86. The van der Waals surface area contributed by atoms with Crippen LogP contribution in [0.15, 0.2) is 84.9 Å². The Labute approximate surface area is 205 Å². The van der Waals surface area contributed by atoms with Crippen molar-refractivity contribution < 1.29 is 9.18 Å². The molecule has 0 saturated carbocycles. The van der Waals surface area contributed by atoms with Crippen molar-refractivity contribution in [3.63, 3.8) is 0 Å². The highest BCUT2D eigenvalue weighted by Gasteiger charge is 2.19. The minimum Gasteiger partial charge on any atom is -0.348 e. The van der Waals surface area contributed by atoms with Crippen molar-refractivity contribution >= 4 is 28.3 Å². The first kappa shape index (κ1) is 24.0. The molecule has 0 fully saturated rings. The zero-order valence-electron chi connectivity index (χ0n) is 19.6. The van der Waals surface area contributed by atoms with Crippen molar-refractivity contribution in [1.82, 2.24) is 5.32 Å². The molecular weight excluding hydrogens is 445 g/mol. The van der Waals surface area contributed by atoms with Crippen molar-refractivity contribution in [3.8, 4) is 0 Å². The Morgan fingerprint density at radius 2 is 1.56 bits per heavy atom. The van der Waals surface area contributed by atoms with Crippen molar-refractivity contribution in [1.29, 1.82) is 0 Å². The van der Waals surface area contributed by atoms with Gasteiger partial charge in [0.25, 0.3) is 5.91 Å². The summed E-state index contributed by atoms with van der Waals surface area (Å²) in [5.41, 5.74) is 3.85. The maximum absolute atomic E-state index is 13.4. The molecule has 2 nitrogen and oxygen atoms in total. The molecule has 0 heterocycles. The van der Waals surface area contributed by atoms with Crippen molar-refractivity contribution in [3.05, 3.63) is 124 Å². The monoisotopic (exact) mass is 472 g/mol. The average molecular weight is 473 g/mol. The van der Waals surface area contributed by atoms with Crippen LogP contribution in [0.4, 0.5) is 4.39 Å². The van der Waals surface area contributed by atoms with Gasteiger partial charge in [0.05, 0.1) is 0 Å². The Morgan fingerprint density at radius 3 is 2.24 bits per heavy atom. The van der Waals surface area contributed by atoms with Gasteiger partial charge in [0.15, 0.2) is 0 Å². The minimum absolute atomic E-state index is 0.0715. The third-order valence-electron chi connectivity index (χ3n) is 5.97. The fourth-order valence-electron chi connectivity index (χ4n) is 4.07. The lowest BCUT2D eigenvalue weighted by Gasteiger charge is -2.22. The molecule has 4 rings (SSSR count). The molecule has 4 heteroatoms. The van der Waals surface area contributed by atoms with Crippen molar-refractivity contribution in [2.24, 2.45) is 0 Å². The summed E-state index contributed by atoms with van der Waals surface area (Å²) < 4.78 is 13.4. The van der Waals surface area contributed by atoms with Crippen LogP contribution >= 0.6 is 11.6 Å². The predicted octanol–water partition coefficient (Wildman–Crippen LogP) is 7.52. The van der Waals surface area contributed by atoms with Gasteiger partial charge in [0.1, 0.15) is 5.82 Å². The van der Waals surface area contributed by atoms with E-state index in [1.165, 1.54) is 17.7 Å². The summed E-state index contributed by atoms with van der Waals surface area (Å²) in [5.74, 6) is -0.467. The van der Waals surface area contributed by atoms with Crippen LogP contribution in [-0.2, 0) is 11.8 Å². The van der Waals surface area contributed by atoms with Crippen LogP contribution in [-0.4, -0.2) is 11.9 Å². The van der Waals surface area contributed by atoms with Crippen LogP contribution < -0.4 is 5.32 Å². The Balaban J connectivity index is 1.61. The normalized spacial score (nSPS) is 12.5. The van der Waals surface area contributed by atoms with Gasteiger partial charge in [0, 0.05) is 28.4 Å². The lowest BCUT2D eigenvalue weighted by Crippen LogP contribution is -2.37. The van der Waals surface area contributed by atoms with Crippen molar-refractivity contribution in [2.45, 2.75) is 38.6 Å². The quantitative estimate of drug-likeness (QED) is 0.309. The summed E-state index contributed by atoms with van der Waals surface area (Å²) >= 11 is 6.34. The summed E-state index contributed by atoms with van der Waals surface area (Å²) in [5, 5.41) is 5.43. The summed E-state index contributed by atoms with van der Waals surface area (Å²) in [4.78, 5) is 13.4. The Hall–Kier alpha value is -3.17. The molecular formula is C30H28ClFNO. The van der Waals surface area contributed by atoms with Gasteiger partial charge in [-0.15, -0.1) is 0 Å². The maximum Gasteiger partial charge on any atom is 0.252 e. The minimum atomic E-state index is -0.289. The molecule has 0 aliphatic rings. The number of carbonyl (C=O) groups is 1. The molecule has 1 atom stereocenters. The second-order valence-corrected chi connectivity index (χ2v) is 10.00.